The molecule has 2 amide bonds. The van der Waals surface area contributed by atoms with Crippen LogP contribution in [-0.2, 0) is 19.4 Å². The van der Waals surface area contributed by atoms with E-state index in [0.29, 0.717) is 12.6 Å². The van der Waals surface area contributed by atoms with E-state index in [2.05, 4.69) is 44.7 Å². The molecule has 0 spiro atoms. The normalized spacial score (nSPS) is 20.2. The first kappa shape index (κ1) is 16.2. The zero-order valence-electron chi connectivity index (χ0n) is 14.6. The molecule has 1 atom stereocenters. The first-order valence-electron chi connectivity index (χ1n) is 9.43. The van der Waals surface area contributed by atoms with Crippen LogP contribution in [-0.4, -0.2) is 21.9 Å². The van der Waals surface area contributed by atoms with Crippen molar-refractivity contribution in [2.24, 2.45) is 0 Å². The second-order valence-corrected chi connectivity index (χ2v) is 7.26. The van der Waals surface area contributed by atoms with Crippen molar-refractivity contribution >= 4 is 6.03 Å². The van der Waals surface area contributed by atoms with Crippen LogP contribution in [0.4, 0.5) is 4.79 Å². The summed E-state index contributed by atoms with van der Waals surface area (Å²) in [5.74, 6) is 0. The fourth-order valence-corrected chi connectivity index (χ4v) is 4.07. The Bertz CT molecular complexity index is 733. The number of rotatable bonds is 4. The molecule has 1 saturated carbocycles. The van der Waals surface area contributed by atoms with Gasteiger partial charge in [0.1, 0.15) is 0 Å². The number of amides is 2. The predicted molar refractivity (Wildman–Crippen MR) is 97.4 cm³/mol. The highest BCUT2D eigenvalue weighted by atomic mass is 16.2. The zero-order valence-corrected chi connectivity index (χ0v) is 14.6. The number of hydrogen-bond donors (Lipinski definition) is 2. The van der Waals surface area contributed by atoms with Crippen molar-refractivity contribution in [2.45, 2.75) is 63.6 Å². The highest BCUT2D eigenvalue weighted by Gasteiger charge is 2.20. The minimum Gasteiger partial charge on any atom is -0.335 e. The zero-order chi connectivity index (χ0) is 17.1. The third-order valence-corrected chi connectivity index (χ3v) is 5.47. The Labute approximate surface area is 148 Å². The number of aryl methyl sites for hydroxylation is 1. The molecule has 2 aromatic rings. The first-order chi connectivity index (χ1) is 12.3. The second kappa shape index (κ2) is 7.30. The maximum Gasteiger partial charge on any atom is 0.315 e. The van der Waals surface area contributed by atoms with E-state index >= 15 is 0 Å². The van der Waals surface area contributed by atoms with Crippen molar-refractivity contribution in [1.82, 2.24) is 20.4 Å². The van der Waals surface area contributed by atoms with Crippen LogP contribution in [0.15, 0.2) is 36.5 Å². The van der Waals surface area contributed by atoms with Gasteiger partial charge < -0.3 is 10.6 Å². The average Bonchev–Trinajstić information content (AvgIpc) is 3.31. The van der Waals surface area contributed by atoms with Crippen LogP contribution in [0.5, 0.6) is 0 Å². The molecule has 1 heterocycles. The molecule has 0 bridgehead atoms. The van der Waals surface area contributed by atoms with Gasteiger partial charge in [0.2, 0.25) is 0 Å². The van der Waals surface area contributed by atoms with Crippen LogP contribution in [0.2, 0.25) is 0 Å². The van der Waals surface area contributed by atoms with Gasteiger partial charge in [-0.15, -0.1) is 0 Å². The van der Waals surface area contributed by atoms with Gasteiger partial charge in [-0.2, -0.15) is 5.10 Å². The lowest BCUT2D eigenvalue weighted by molar-refractivity contribution is 0.235. The van der Waals surface area contributed by atoms with E-state index in [-0.39, 0.29) is 12.1 Å². The number of nitrogens with one attached hydrogen (secondary N) is 2. The van der Waals surface area contributed by atoms with Crippen LogP contribution in [0.3, 0.4) is 0 Å². The molecule has 2 N–H and O–H groups in total. The van der Waals surface area contributed by atoms with Gasteiger partial charge in [-0.1, -0.05) is 37.1 Å². The molecule has 5 heteroatoms. The van der Waals surface area contributed by atoms with Gasteiger partial charge >= 0.3 is 6.03 Å². The Morgan fingerprint density at radius 2 is 1.92 bits per heavy atom. The molecule has 0 aliphatic heterocycles. The number of carbonyl (C=O) groups excluding carboxylic acids is 1. The van der Waals surface area contributed by atoms with E-state index in [1.807, 2.05) is 12.3 Å². The summed E-state index contributed by atoms with van der Waals surface area (Å²) in [6.45, 7) is 0.481. The van der Waals surface area contributed by atoms with E-state index in [4.69, 9.17) is 0 Å². The van der Waals surface area contributed by atoms with Crippen molar-refractivity contribution in [2.75, 3.05) is 0 Å². The Morgan fingerprint density at radius 3 is 2.76 bits per heavy atom. The molecule has 132 valence electrons. The summed E-state index contributed by atoms with van der Waals surface area (Å²) in [6, 6.07) is 11.2. The molecule has 4 rings (SSSR count). The van der Waals surface area contributed by atoms with Crippen molar-refractivity contribution in [3.05, 3.63) is 53.3 Å². The maximum atomic E-state index is 12.2. The summed E-state index contributed by atoms with van der Waals surface area (Å²) in [5, 5.41) is 10.7. The number of benzene rings is 1. The van der Waals surface area contributed by atoms with Crippen LogP contribution in [0, 0.1) is 0 Å². The SMILES string of the molecule is O=C(NCc1ccn(C2CCCC2)n1)NC1CCc2ccccc2C1. The Hall–Kier alpha value is -2.30. The second-order valence-electron chi connectivity index (χ2n) is 7.26. The lowest BCUT2D eigenvalue weighted by Crippen LogP contribution is -2.44. The third kappa shape index (κ3) is 3.86. The molecule has 0 radical (unpaired) electrons. The highest BCUT2D eigenvalue weighted by molar-refractivity contribution is 5.74. The molecule has 1 aromatic heterocycles. The minimum atomic E-state index is -0.0974. The van der Waals surface area contributed by atoms with Gasteiger partial charge in [0.05, 0.1) is 18.3 Å². The largest absolute Gasteiger partial charge is 0.335 e. The molecular weight excluding hydrogens is 312 g/mol. The summed E-state index contributed by atoms with van der Waals surface area (Å²) < 4.78 is 2.07. The number of aromatic nitrogens is 2. The maximum absolute atomic E-state index is 12.2. The fraction of sp³-hybridized carbons (Fsp3) is 0.500. The third-order valence-electron chi connectivity index (χ3n) is 5.47. The van der Waals surface area contributed by atoms with Gasteiger partial charge in [-0.3, -0.25) is 4.68 Å². The lowest BCUT2D eigenvalue weighted by Gasteiger charge is -2.25. The standard InChI is InChI=1S/C20H26N4O/c25-20(22-17-10-9-15-5-1-2-6-16(15)13-17)21-14-18-11-12-24(23-18)19-7-3-4-8-19/h1-2,5-6,11-12,17,19H,3-4,7-10,13-14H2,(H2,21,22,25). The Kier molecular flexibility index (Phi) is 4.72. The van der Waals surface area contributed by atoms with Crippen molar-refractivity contribution < 1.29 is 4.79 Å². The molecule has 1 aromatic carbocycles. The summed E-state index contributed by atoms with van der Waals surface area (Å²) in [5.41, 5.74) is 3.70. The minimum absolute atomic E-state index is 0.0974. The first-order valence-corrected chi connectivity index (χ1v) is 9.43. The van der Waals surface area contributed by atoms with Crippen LogP contribution < -0.4 is 10.6 Å². The molecule has 0 saturated heterocycles. The summed E-state index contributed by atoms with van der Waals surface area (Å²) in [6.07, 6.45) is 10.0. The lowest BCUT2D eigenvalue weighted by atomic mass is 9.88. The smallest absolute Gasteiger partial charge is 0.315 e. The fourth-order valence-electron chi connectivity index (χ4n) is 4.07. The van der Waals surface area contributed by atoms with E-state index in [1.54, 1.807) is 0 Å². The van der Waals surface area contributed by atoms with Crippen molar-refractivity contribution in [3.63, 3.8) is 0 Å². The number of carbonyl (C=O) groups is 1. The van der Waals surface area contributed by atoms with Crippen molar-refractivity contribution in [3.8, 4) is 0 Å². The van der Waals surface area contributed by atoms with Crippen molar-refractivity contribution in [1.29, 1.82) is 0 Å². The number of fused-ring (bicyclic) bond motifs is 1. The molecule has 1 unspecified atom stereocenters. The van der Waals surface area contributed by atoms with E-state index in [1.165, 1.54) is 36.8 Å². The molecule has 1 fully saturated rings. The van der Waals surface area contributed by atoms with Gasteiger partial charge in [-0.05, 0) is 49.3 Å². The van der Waals surface area contributed by atoms with Gasteiger partial charge in [0.15, 0.2) is 0 Å². The molecule has 2 aliphatic rings. The van der Waals surface area contributed by atoms with E-state index in [9.17, 15) is 4.79 Å². The topological polar surface area (TPSA) is 59.0 Å². The predicted octanol–water partition coefficient (Wildman–Crippen LogP) is 3.35. The Balaban J connectivity index is 1.26. The molecule has 5 nitrogen and oxygen atoms in total. The monoisotopic (exact) mass is 338 g/mol. The highest BCUT2D eigenvalue weighted by Crippen LogP contribution is 2.28. The number of hydrogen-bond acceptors (Lipinski definition) is 2. The Morgan fingerprint density at radius 1 is 1.12 bits per heavy atom. The van der Waals surface area contributed by atoms with Crippen LogP contribution in [0.1, 0.15) is 55.0 Å². The number of urea groups is 1. The summed E-state index contributed by atoms with van der Waals surface area (Å²) in [7, 11) is 0. The average molecular weight is 338 g/mol. The van der Waals surface area contributed by atoms with Crippen LogP contribution in [0.25, 0.3) is 0 Å². The summed E-state index contributed by atoms with van der Waals surface area (Å²) >= 11 is 0. The van der Waals surface area contributed by atoms with Gasteiger partial charge in [-0.25, -0.2) is 4.79 Å². The molecule has 25 heavy (non-hydrogen) atoms. The van der Waals surface area contributed by atoms with Gasteiger partial charge in [0.25, 0.3) is 0 Å². The molecular formula is C20H26N4O. The van der Waals surface area contributed by atoms with E-state index in [0.717, 1.165) is 25.0 Å². The quantitative estimate of drug-likeness (QED) is 0.898. The summed E-state index contributed by atoms with van der Waals surface area (Å²) in [4.78, 5) is 12.2. The molecule has 2 aliphatic carbocycles. The van der Waals surface area contributed by atoms with E-state index < -0.39 is 0 Å². The van der Waals surface area contributed by atoms with Gasteiger partial charge in [0, 0.05) is 12.2 Å². The number of nitrogens with zero attached hydrogens (tertiary/aromatic N) is 2. The van der Waals surface area contributed by atoms with Crippen LogP contribution >= 0.6 is 0 Å².